The van der Waals surface area contributed by atoms with Crippen molar-refractivity contribution in [2.75, 3.05) is 11.5 Å². The minimum atomic E-state index is -3.00. The Kier molecular flexibility index (Phi) is 4.60. The van der Waals surface area contributed by atoms with Gasteiger partial charge in [0, 0.05) is 5.92 Å². The van der Waals surface area contributed by atoms with E-state index in [0.29, 0.717) is 25.7 Å². The van der Waals surface area contributed by atoms with Gasteiger partial charge in [0.15, 0.2) is 0 Å². The number of nitrogens with one attached hydrogen (secondary N) is 1. The fraction of sp³-hybridized carbons (Fsp3) is 0.857. The zero-order chi connectivity index (χ0) is 15.7. The number of amides is 1. The molecule has 1 heterocycles. The lowest BCUT2D eigenvalue weighted by atomic mass is 9.73. The number of sulfone groups is 1. The van der Waals surface area contributed by atoms with Gasteiger partial charge >= 0.3 is 5.97 Å². The van der Waals surface area contributed by atoms with Crippen LogP contribution >= 0.6 is 0 Å². The van der Waals surface area contributed by atoms with Gasteiger partial charge in [0.1, 0.15) is 9.84 Å². The molecule has 1 aliphatic carbocycles. The van der Waals surface area contributed by atoms with E-state index in [1.807, 2.05) is 0 Å². The second-order valence-electron chi connectivity index (χ2n) is 6.47. The van der Waals surface area contributed by atoms with Crippen LogP contribution in [-0.4, -0.2) is 42.4 Å². The van der Waals surface area contributed by atoms with Gasteiger partial charge in [-0.2, -0.15) is 0 Å². The summed E-state index contributed by atoms with van der Waals surface area (Å²) < 4.78 is 22.8. The Hall–Kier alpha value is -1.11. The van der Waals surface area contributed by atoms with Crippen molar-refractivity contribution in [3.63, 3.8) is 0 Å². The normalized spacial score (nSPS) is 33.3. The number of carboxylic acids is 1. The van der Waals surface area contributed by atoms with Crippen molar-refractivity contribution in [1.29, 1.82) is 0 Å². The zero-order valence-electron chi connectivity index (χ0n) is 12.3. The van der Waals surface area contributed by atoms with E-state index in [4.69, 9.17) is 0 Å². The van der Waals surface area contributed by atoms with E-state index in [2.05, 4.69) is 5.32 Å². The summed E-state index contributed by atoms with van der Waals surface area (Å²) in [6.07, 6.45) is 3.67. The van der Waals surface area contributed by atoms with Crippen LogP contribution in [0.3, 0.4) is 0 Å². The largest absolute Gasteiger partial charge is 0.481 e. The van der Waals surface area contributed by atoms with Crippen LogP contribution < -0.4 is 5.32 Å². The molecule has 0 aromatic rings. The van der Waals surface area contributed by atoms with Crippen molar-refractivity contribution in [1.82, 2.24) is 5.32 Å². The standard InChI is InChI=1S/C14H23NO5S/c1-14(7-3-2-4-11(14)13(17)18)15-12(16)10-5-8-21(19,20)9-6-10/h10-11H,2-9H2,1H3,(H,15,16)(H,17,18). The highest BCUT2D eigenvalue weighted by molar-refractivity contribution is 7.91. The van der Waals surface area contributed by atoms with E-state index in [0.717, 1.165) is 12.8 Å². The molecule has 0 radical (unpaired) electrons. The molecule has 2 atom stereocenters. The summed E-state index contributed by atoms with van der Waals surface area (Å²) in [5, 5.41) is 12.2. The highest BCUT2D eigenvalue weighted by Gasteiger charge is 2.43. The Morgan fingerprint density at radius 3 is 2.33 bits per heavy atom. The highest BCUT2D eigenvalue weighted by atomic mass is 32.2. The fourth-order valence-corrected chi connectivity index (χ4v) is 4.91. The Labute approximate surface area is 125 Å². The first kappa shape index (κ1) is 16.3. The minimum Gasteiger partial charge on any atom is -0.481 e. The van der Waals surface area contributed by atoms with Gasteiger partial charge in [0.2, 0.25) is 5.91 Å². The highest BCUT2D eigenvalue weighted by Crippen LogP contribution is 2.34. The fourth-order valence-electron chi connectivity index (χ4n) is 3.41. The third kappa shape index (κ3) is 3.75. The summed E-state index contributed by atoms with van der Waals surface area (Å²) >= 11 is 0. The predicted octanol–water partition coefficient (Wildman–Crippen LogP) is 0.961. The summed E-state index contributed by atoms with van der Waals surface area (Å²) in [4.78, 5) is 23.7. The summed E-state index contributed by atoms with van der Waals surface area (Å²) in [7, 11) is -3.00. The SMILES string of the molecule is CC1(NC(=O)C2CCS(=O)(=O)CC2)CCCCC1C(=O)O. The van der Waals surface area contributed by atoms with Crippen LogP contribution in [-0.2, 0) is 19.4 Å². The molecule has 0 spiro atoms. The molecule has 2 aliphatic rings. The summed E-state index contributed by atoms with van der Waals surface area (Å²) in [6.45, 7) is 1.79. The molecule has 120 valence electrons. The maximum atomic E-state index is 12.4. The van der Waals surface area contributed by atoms with Crippen molar-refractivity contribution in [2.24, 2.45) is 11.8 Å². The van der Waals surface area contributed by atoms with E-state index < -0.39 is 27.3 Å². The quantitative estimate of drug-likeness (QED) is 0.807. The number of carboxylic acid groups (broad SMARTS) is 1. The first-order valence-corrected chi connectivity index (χ1v) is 9.31. The predicted molar refractivity (Wildman–Crippen MR) is 77.5 cm³/mol. The van der Waals surface area contributed by atoms with Gasteiger partial charge in [-0.05, 0) is 32.6 Å². The third-order valence-electron chi connectivity index (χ3n) is 4.84. The van der Waals surface area contributed by atoms with E-state index in [-0.39, 0.29) is 23.3 Å². The molecule has 2 N–H and O–H groups in total. The molecule has 21 heavy (non-hydrogen) atoms. The number of hydrogen-bond donors (Lipinski definition) is 2. The molecule has 2 unspecified atom stereocenters. The lowest BCUT2D eigenvalue weighted by Crippen LogP contribution is -2.57. The van der Waals surface area contributed by atoms with Crippen LogP contribution in [0.2, 0.25) is 0 Å². The van der Waals surface area contributed by atoms with Gasteiger partial charge in [-0.25, -0.2) is 8.42 Å². The van der Waals surface area contributed by atoms with Crippen molar-refractivity contribution in [3.8, 4) is 0 Å². The Morgan fingerprint density at radius 2 is 1.76 bits per heavy atom. The lowest BCUT2D eigenvalue weighted by molar-refractivity contribution is -0.147. The summed E-state index contributed by atoms with van der Waals surface area (Å²) in [6, 6.07) is 0. The molecular weight excluding hydrogens is 294 g/mol. The molecule has 1 saturated carbocycles. The van der Waals surface area contributed by atoms with Gasteiger partial charge < -0.3 is 10.4 Å². The van der Waals surface area contributed by atoms with Crippen LogP contribution in [0.1, 0.15) is 45.4 Å². The molecule has 1 amide bonds. The van der Waals surface area contributed by atoms with Crippen molar-refractivity contribution in [3.05, 3.63) is 0 Å². The van der Waals surface area contributed by atoms with Crippen LogP contribution in [0, 0.1) is 11.8 Å². The lowest BCUT2D eigenvalue weighted by Gasteiger charge is -2.41. The van der Waals surface area contributed by atoms with E-state index >= 15 is 0 Å². The number of hydrogen-bond acceptors (Lipinski definition) is 4. The van der Waals surface area contributed by atoms with Crippen LogP contribution in [0.4, 0.5) is 0 Å². The Balaban J connectivity index is 2.02. The molecule has 7 heteroatoms. The van der Waals surface area contributed by atoms with Gasteiger partial charge in [-0.15, -0.1) is 0 Å². The average Bonchev–Trinajstić information content (AvgIpc) is 2.38. The second-order valence-corrected chi connectivity index (χ2v) is 8.77. The van der Waals surface area contributed by atoms with Crippen molar-refractivity contribution >= 4 is 21.7 Å². The first-order valence-electron chi connectivity index (χ1n) is 7.49. The number of aliphatic carboxylic acids is 1. The third-order valence-corrected chi connectivity index (χ3v) is 6.56. The molecule has 1 saturated heterocycles. The first-order chi connectivity index (χ1) is 9.73. The Morgan fingerprint density at radius 1 is 1.14 bits per heavy atom. The molecule has 2 rings (SSSR count). The smallest absolute Gasteiger partial charge is 0.308 e. The number of rotatable bonds is 3. The van der Waals surface area contributed by atoms with E-state index in [9.17, 15) is 23.1 Å². The molecule has 6 nitrogen and oxygen atoms in total. The molecule has 0 bridgehead atoms. The van der Waals surface area contributed by atoms with E-state index in [1.54, 1.807) is 6.92 Å². The van der Waals surface area contributed by atoms with Gasteiger partial charge in [0.25, 0.3) is 0 Å². The molecule has 0 aromatic heterocycles. The van der Waals surface area contributed by atoms with Crippen molar-refractivity contribution < 1.29 is 23.1 Å². The molecular formula is C14H23NO5S. The molecule has 1 aliphatic heterocycles. The van der Waals surface area contributed by atoms with Crippen LogP contribution in [0.15, 0.2) is 0 Å². The average molecular weight is 317 g/mol. The number of carbonyl (C=O) groups excluding carboxylic acids is 1. The topological polar surface area (TPSA) is 101 Å². The molecule has 2 fully saturated rings. The van der Waals surface area contributed by atoms with Gasteiger partial charge in [0.05, 0.1) is 23.0 Å². The van der Waals surface area contributed by atoms with Crippen LogP contribution in [0.5, 0.6) is 0 Å². The summed E-state index contributed by atoms with van der Waals surface area (Å²) in [5.74, 6) is -1.86. The summed E-state index contributed by atoms with van der Waals surface area (Å²) in [5.41, 5.74) is -0.725. The maximum absolute atomic E-state index is 12.4. The second kappa shape index (κ2) is 5.94. The maximum Gasteiger partial charge on any atom is 0.308 e. The Bertz CT molecular complexity index is 515. The van der Waals surface area contributed by atoms with Gasteiger partial charge in [-0.3, -0.25) is 9.59 Å². The zero-order valence-corrected chi connectivity index (χ0v) is 13.1. The molecule has 0 aromatic carbocycles. The van der Waals surface area contributed by atoms with Gasteiger partial charge in [-0.1, -0.05) is 12.8 Å². The van der Waals surface area contributed by atoms with E-state index in [1.165, 1.54) is 0 Å². The number of carbonyl (C=O) groups is 2. The van der Waals surface area contributed by atoms with Crippen molar-refractivity contribution in [2.45, 2.75) is 51.0 Å². The minimum absolute atomic E-state index is 0.0458. The van der Waals surface area contributed by atoms with Crippen LogP contribution in [0.25, 0.3) is 0 Å². The monoisotopic (exact) mass is 317 g/mol.